The van der Waals surface area contributed by atoms with Gasteiger partial charge in [0.2, 0.25) is 5.91 Å². The van der Waals surface area contributed by atoms with Gasteiger partial charge in [-0.1, -0.05) is 22.6 Å². The fraction of sp³-hybridized carbons (Fsp3) is 0.857. The van der Waals surface area contributed by atoms with Crippen LogP contribution < -0.4 is 5.32 Å². The third-order valence-electron chi connectivity index (χ3n) is 1.64. The Hall–Kier alpha value is 0.160. The molecule has 1 saturated heterocycles. The average molecular weight is 269 g/mol. The summed E-state index contributed by atoms with van der Waals surface area (Å²) in [5.74, 6) is 0.112. The van der Waals surface area contributed by atoms with E-state index in [0.29, 0.717) is 6.61 Å². The predicted octanol–water partition coefficient (Wildman–Crippen LogP) is 0.715. The van der Waals surface area contributed by atoms with Gasteiger partial charge in [-0.25, -0.2) is 0 Å². The van der Waals surface area contributed by atoms with Crippen LogP contribution in [0.2, 0.25) is 0 Å². The monoisotopic (exact) mass is 269 g/mol. The number of nitrogens with one attached hydrogen (secondary N) is 1. The molecule has 0 aliphatic carbocycles. The highest BCUT2D eigenvalue weighted by Crippen LogP contribution is 2.05. The Labute approximate surface area is 80.0 Å². The second-order valence-corrected chi connectivity index (χ2v) is 4.55. The van der Waals surface area contributed by atoms with Crippen LogP contribution in [0.25, 0.3) is 0 Å². The summed E-state index contributed by atoms with van der Waals surface area (Å²) in [7, 11) is 0. The first kappa shape index (κ1) is 9.25. The van der Waals surface area contributed by atoms with E-state index in [2.05, 4.69) is 27.9 Å². The normalized spacial score (nSPS) is 26.5. The zero-order chi connectivity index (χ0) is 8.27. The molecular formula is C7H12INO2. The highest BCUT2D eigenvalue weighted by atomic mass is 127. The molecule has 0 aromatic carbocycles. The Morgan fingerprint density at radius 2 is 2.55 bits per heavy atom. The van der Waals surface area contributed by atoms with Crippen molar-refractivity contribution >= 4 is 28.5 Å². The van der Waals surface area contributed by atoms with Crippen LogP contribution in [0.4, 0.5) is 0 Å². The molecule has 2 unspecified atom stereocenters. The van der Waals surface area contributed by atoms with E-state index in [9.17, 15) is 4.79 Å². The van der Waals surface area contributed by atoms with E-state index in [-0.39, 0.29) is 15.9 Å². The van der Waals surface area contributed by atoms with Crippen molar-refractivity contribution in [3.63, 3.8) is 0 Å². The molecule has 0 spiro atoms. The maximum Gasteiger partial charge on any atom is 0.232 e. The highest BCUT2D eigenvalue weighted by molar-refractivity contribution is 14.1. The van der Waals surface area contributed by atoms with Crippen molar-refractivity contribution in [3.8, 4) is 0 Å². The second-order valence-electron chi connectivity index (χ2n) is 2.69. The Bertz CT molecular complexity index is 143. The van der Waals surface area contributed by atoms with Gasteiger partial charge in [-0.05, 0) is 13.3 Å². The quantitative estimate of drug-likeness (QED) is 0.592. The molecule has 1 amide bonds. The molecule has 11 heavy (non-hydrogen) atoms. The molecule has 3 nitrogen and oxygen atoms in total. The largest absolute Gasteiger partial charge is 0.379 e. The molecule has 0 bridgehead atoms. The number of hydrogen-bond acceptors (Lipinski definition) is 2. The summed E-state index contributed by atoms with van der Waals surface area (Å²) in [6, 6.07) is 0.250. The van der Waals surface area contributed by atoms with E-state index in [1.165, 1.54) is 0 Å². The highest BCUT2D eigenvalue weighted by Gasteiger charge is 2.19. The smallest absolute Gasteiger partial charge is 0.232 e. The Morgan fingerprint density at radius 1 is 1.82 bits per heavy atom. The van der Waals surface area contributed by atoms with Gasteiger partial charge < -0.3 is 10.1 Å². The molecular weight excluding hydrogens is 257 g/mol. The van der Waals surface area contributed by atoms with Crippen LogP contribution in [0.1, 0.15) is 13.3 Å². The van der Waals surface area contributed by atoms with E-state index >= 15 is 0 Å². The molecule has 0 aromatic heterocycles. The second kappa shape index (κ2) is 4.25. The number of alkyl halides is 1. The zero-order valence-corrected chi connectivity index (χ0v) is 8.63. The molecule has 1 heterocycles. The van der Waals surface area contributed by atoms with Gasteiger partial charge in [-0.15, -0.1) is 0 Å². The third kappa shape index (κ3) is 2.94. The number of carbonyl (C=O) groups excluding carboxylic acids is 1. The van der Waals surface area contributed by atoms with Crippen LogP contribution in [0.5, 0.6) is 0 Å². The van der Waals surface area contributed by atoms with Crippen LogP contribution in [0.3, 0.4) is 0 Å². The van der Waals surface area contributed by atoms with Gasteiger partial charge in [0.05, 0.1) is 16.6 Å². The molecule has 1 fully saturated rings. The minimum Gasteiger partial charge on any atom is -0.379 e. The van der Waals surface area contributed by atoms with E-state index in [0.717, 1.165) is 13.0 Å². The van der Waals surface area contributed by atoms with Gasteiger partial charge >= 0.3 is 0 Å². The molecule has 64 valence electrons. The van der Waals surface area contributed by atoms with Crippen molar-refractivity contribution in [1.29, 1.82) is 0 Å². The SMILES string of the molecule is CC(I)C(=O)NC1CCOC1. The number of carbonyl (C=O) groups is 1. The molecule has 4 heteroatoms. The van der Waals surface area contributed by atoms with Crippen molar-refractivity contribution in [1.82, 2.24) is 5.32 Å². The van der Waals surface area contributed by atoms with E-state index in [4.69, 9.17) is 4.74 Å². The van der Waals surface area contributed by atoms with Crippen molar-refractivity contribution < 1.29 is 9.53 Å². The lowest BCUT2D eigenvalue weighted by atomic mass is 10.2. The number of rotatable bonds is 2. The third-order valence-corrected chi connectivity index (χ3v) is 2.20. The van der Waals surface area contributed by atoms with Crippen LogP contribution >= 0.6 is 22.6 Å². The standard InChI is InChI=1S/C7H12INO2/c1-5(8)7(10)9-6-2-3-11-4-6/h5-6H,2-4H2,1H3,(H,9,10). The lowest BCUT2D eigenvalue weighted by Gasteiger charge is -2.11. The summed E-state index contributed by atoms with van der Waals surface area (Å²) in [4.78, 5) is 11.1. The van der Waals surface area contributed by atoms with E-state index in [1.807, 2.05) is 6.92 Å². The van der Waals surface area contributed by atoms with Gasteiger partial charge in [0.15, 0.2) is 0 Å². The van der Waals surface area contributed by atoms with Crippen molar-refractivity contribution in [2.45, 2.75) is 23.3 Å². The number of halogens is 1. The minimum atomic E-state index is 0.0493. The Kier molecular flexibility index (Phi) is 3.58. The summed E-state index contributed by atoms with van der Waals surface area (Å²) in [5.41, 5.74) is 0. The molecule has 1 N–H and O–H groups in total. The van der Waals surface area contributed by atoms with Gasteiger partial charge in [-0.3, -0.25) is 4.79 Å². The Balaban J connectivity index is 2.24. The molecule has 0 saturated carbocycles. The average Bonchev–Trinajstić information content (AvgIpc) is 2.39. The van der Waals surface area contributed by atoms with Crippen molar-refractivity contribution in [2.24, 2.45) is 0 Å². The number of hydrogen-bond donors (Lipinski definition) is 1. The number of amides is 1. The maximum atomic E-state index is 11.1. The predicted molar refractivity (Wildman–Crippen MR) is 50.8 cm³/mol. The summed E-state index contributed by atoms with van der Waals surface area (Å²) in [5, 5.41) is 2.91. The first-order valence-electron chi connectivity index (χ1n) is 3.72. The van der Waals surface area contributed by atoms with Crippen LogP contribution in [-0.4, -0.2) is 29.1 Å². The van der Waals surface area contributed by atoms with E-state index in [1.54, 1.807) is 0 Å². The zero-order valence-electron chi connectivity index (χ0n) is 6.47. The fourth-order valence-corrected chi connectivity index (χ4v) is 1.14. The number of ether oxygens (including phenoxy) is 1. The topological polar surface area (TPSA) is 38.3 Å². The van der Waals surface area contributed by atoms with Crippen LogP contribution in [0.15, 0.2) is 0 Å². The van der Waals surface area contributed by atoms with Crippen LogP contribution in [-0.2, 0) is 9.53 Å². The lowest BCUT2D eigenvalue weighted by molar-refractivity contribution is -0.120. The molecule has 1 aliphatic rings. The van der Waals surface area contributed by atoms with Crippen molar-refractivity contribution in [2.75, 3.05) is 13.2 Å². The van der Waals surface area contributed by atoms with Gasteiger partial charge in [0.25, 0.3) is 0 Å². The van der Waals surface area contributed by atoms with Crippen LogP contribution in [0, 0.1) is 0 Å². The minimum absolute atomic E-state index is 0.0493. The first-order valence-corrected chi connectivity index (χ1v) is 4.97. The lowest BCUT2D eigenvalue weighted by Crippen LogP contribution is -2.38. The summed E-state index contributed by atoms with van der Waals surface area (Å²) in [6.07, 6.45) is 0.953. The van der Waals surface area contributed by atoms with Gasteiger partial charge in [0.1, 0.15) is 0 Å². The molecule has 1 aliphatic heterocycles. The Morgan fingerprint density at radius 3 is 3.00 bits per heavy atom. The fourth-order valence-electron chi connectivity index (χ4n) is 0.964. The van der Waals surface area contributed by atoms with Crippen molar-refractivity contribution in [3.05, 3.63) is 0 Å². The molecule has 0 aromatic rings. The molecule has 0 radical (unpaired) electrons. The van der Waals surface area contributed by atoms with Gasteiger partial charge in [-0.2, -0.15) is 0 Å². The summed E-state index contributed by atoms with van der Waals surface area (Å²) >= 11 is 2.10. The molecule has 1 rings (SSSR count). The van der Waals surface area contributed by atoms with Gasteiger partial charge in [0, 0.05) is 6.61 Å². The first-order chi connectivity index (χ1) is 5.20. The summed E-state index contributed by atoms with van der Waals surface area (Å²) < 4.78 is 5.17. The summed E-state index contributed by atoms with van der Waals surface area (Å²) in [6.45, 7) is 3.33. The molecule has 2 atom stereocenters. The van der Waals surface area contributed by atoms with E-state index < -0.39 is 0 Å². The maximum absolute atomic E-state index is 11.1.